The van der Waals surface area contributed by atoms with E-state index in [0.29, 0.717) is 5.56 Å². The van der Waals surface area contributed by atoms with Crippen molar-refractivity contribution >= 4 is 23.4 Å². The molecule has 2 heterocycles. The number of aromatic nitrogens is 1. The Bertz CT molecular complexity index is 1530. The van der Waals surface area contributed by atoms with Crippen LogP contribution < -0.4 is 26.0 Å². The highest BCUT2D eigenvalue weighted by Crippen LogP contribution is 2.26. The monoisotopic (exact) mass is 705 g/mol. The van der Waals surface area contributed by atoms with Crippen LogP contribution in [0.5, 0.6) is 5.75 Å². The third-order valence-electron chi connectivity index (χ3n) is 7.09. The van der Waals surface area contributed by atoms with E-state index in [2.05, 4.69) is 25.7 Å². The summed E-state index contributed by atoms with van der Waals surface area (Å²) in [5.41, 5.74) is 1.03. The van der Waals surface area contributed by atoms with Crippen LogP contribution in [0.2, 0.25) is 0 Å². The van der Waals surface area contributed by atoms with E-state index in [-0.39, 0.29) is 56.0 Å². The van der Waals surface area contributed by atoms with Crippen LogP contribution in [0.25, 0.3) is 0 Å². The second-order valence-electron chi connectivity index (χ2n) is 10.9. The van der Waals surface area contributed by atoms with Gasteiger partial charge in [-0.1, -0.05) is 12.1 Å². The molecule has 0 unspecified atom stereocenters. The van der Waals surface area contributed by atoms with E-state index in [1.165, 1.54) is 30.5 Å². The number of morpholine rings is 1. The molecule has 1 aromatic heterocycles. The normalized spacial score (nSPS) is 17.1. The van der Waals surface area contributed by atoms with Crippen molar-refractivity contribution in [3.63, 3.8) is 0 Å². The second-order valence-corrected chi connectivity index (χ2v) is 10.9. The van der Waals surface area contributed by atoms with Crippen LogP contribution in [0.3, 0.4) is 0 Å². The lowest BCUT2D eigenvalue weighted by molar-refractivity contribution is -0.274. The molecule has 3 aromatic rings. The lowest BCUT2D eigenvalue weighted by atomic mass is 10.0. The van der Waals surface area contributed by atoms with Gasteiger partial charge in [0.15, 0.2) is 0 Å². The largest absolute Gasteiger partial charge is 0.573 e. The summed E-state index contributed by atoms with van der Waals surface area (Å²) in [4.78, 5) is 28.8. The summed E-state index contributed by atoms with van der Waals surface area (Å²) in [5, 5.41) is 10.3. The fraction of sp³-hybridized carbons (Fsp3) is 0.387. The van der Waals surface area contributed by atoms with Crippen molar-refractivity contribution < 1.29 is 58.9 Å². The number of alkyl halides is 6. The number of nitrogens with one attached hydrogen (secondary N) is 4. The number of hydrogen-bond donors (Lipinski definition) is 4. The average molecular weight is 706 g/mol. The molecule has 3 atom stereocenters. The number of rotatable bonds is 13. The molecule has 0 spiro atoms. The summed E-state index contributed by atoms with van der Waals surface area (Å²) in [5.74, 6) is -2.29. The molecule has 266 valence electrons. The number of hydrogen-bond acceptors (Lipinski definition) is 8. The highest BCUT2D eigenvalue weighted by molar-refractivity contribution is 5.96. The van der Waals surface area contributed by atoms with Crippen LogP contribution in [0, 0.1) is 11.6 Å². The topological polar surface area (TPSA) is 123 Å². The number of ether oxygens (including phenoxy) is 3. The minimum absolute atomic E-state index is 0.0551. The zero-order valence-electron chi connectivity index (χ0n) is 25.5. The second kappa shape index (κ2) is 16.6. The molecule has 49 heavy (non-hydrogen) atoms. The molecule has 4 N–H and O–H groups in total. The highest BCUT2D eigenvalue weighted by atomic mass is 19.4. The van der Waals surface area contributed by atoms with Gasteiger partial charge in [-0.3, -0.25) is 9.78 Å². The number of carbonyl (C=O) groups excluding carboxylic acids is 2. The molecule has 4 rings (SSSR count). The Morgan fingerprint density at radius 1 is 1.00 bits per heavy atom. The average Bonchev–Trinajstić information content (AvgIpc) is 3.03. The molecule has 1 aliphatic heterocycles. The summed E-state index contributed by atoms with van der Waals surface area (Å²) in [6.07, 6.45) is -8.49. The van der Waals surface area contributed by atoms with Crippen LogP contribution in [-0.2, 0) is 27.1 Å². The molecule has 1 fully saturated rings. The number of halogens is 8. The van der Waals surface area contributed by atoms with Gasteiger partial charge < -0.3 is 35.5 Å². The predicted octanol–water partition coefficient (Wildman–Crippen LogP) is 5.50. The first-order chi connectivity index (χ1) is 23.1. The van der Waals surface area contributed by atoms with Gasteiger partial charge in [0, 0.05) is 24.2 Å². The Kier molecular flexibility index (Phi) is 12.6. The maximum atomic E-state index is 15.1. The lowest BCUT2D eigenvalue weighted by Gasteiger charge is -2.30. The SMILES string of the molecule is O=C(NCC(F)(F)F)OC[C@@H]1CO[C@H](CCc2c(F)cncc2N[C@@H](Cc2ccc(OC(F)(F)F)cc2)C(=O)Nc2ccc(F)cc2)CN1. The van der Waals surface area contributed by atoms with E-state index in [0.717, 1.165) is 30.5 Å². The Morgan fingerprint density at radius 3 is 2.35 bits per heavy atom. The standard InChI is InChI=1S/C31H31F8N5O5/c32-19-3-5-20(6-4-19)43-28(45)26(11-18-1-7-22(8-2-18)49-31(37,38)39)44-27-14-40-13-25(33)24(27)10-9-23-12-41-21(15-47-23)16-48-29(46)42-17-30(34,35)36/h1-8,13-14,21,23,26,41,44H,9-12,15-17H2,(H,42,46)(H,43,45)/t21-,23+,26-/m0/s1. The number of pyridine rings is 1. The number of benzene rings is 2. The van der Waals surface area contributed by atoms with E-state index in [4.69, 9.17) is 9.47 Å². The minimum atomic E-state index is -4.89. The van der Waals surface area contributed by atoms with Crippen LogP contribution in [0.4, 0.5) is 51.3 Å². The number of nitrogens with zero attached hydrogens (tertiary/aromatic N) is 1. The molecule has 10 nitrogen and oxygen atoms in total. The molecular formula is C31H31F8N5O5. The van der Waals surface area contributed by atoms with Gasteiger partial charge in [0.2, 0.25) is 5.91 Å². The molecule has 18 heteroatoms. The third-order valence-corrected chi connectivity index (χ3v) is 7.09. The lowest BCUT2D eigenvalue weighted by Crippen LogP contribution is -2.49. The molecule has 2 amide bonds. The van der Waals surface area contributed by atoms with Crippen LogP contribution in [0.15, 0.2) is 60.9 Å². The first kappa shape index (κ1) is 37.1. The van der Waals surface area contributed by atoms with E-state index in [1.807, 2.05) is 0 Å². The Labute approximate surface area is 274 Å². The van der Waals surface area contributed by atoms with E-state index >= 15 is 4.39 Å². The molecule has 0 bridgehead atoms. The van der Waals surface area contributed by atoms with Crippen LogP contribution in [0.1, 0.15) is 17.5 Å². The van der Waals surface area contributed by atoms with Crippen molar-refractivity contribution in [1.29, 1.82) is 0 Å². The van der Waals surface area contributed by atoms with Crippen molar-refractivity contribution in [2.45, 2.75) is 50.0 Å². The quantitative estimate of drug-likeness (QED) is 0.172. The van der Waals surface area contributed by atoms with Gasteiger partial charge >= 0.3 is 18.6 Å². The summed E-state index contributed by atoms with van der Waals surface area (Å²) in [6, 6.07) is 8.20. The molecule has 1 saturated heterocycles. The van der Waals surface area contributed by atoms with Crippen molar-refractivity contribution in [3.8, 4) is 5.75 Å². The zero-order chi connectivity index (χ0) is 35.6. The van der Waals surface area contributed by atoms with Crippen molar-refractivity contribution in [2.24, 2.45) is 0 Å². The Morgan fingerprint density at radius 2 is 1.71 bits per heavy atom. The van der Waals surface area contributed by atoms with Gasteiger partial charge in [-0.15, -0.1) is 13.2 Å². The Hall–Kier alpha value is -4.71. The molecule has 0 aliphatic carbocycles. The molecular weight excluding hydrogens is 674 g/mol. The summed E-state index contributed by atoms with van der Waals surface area (Å²) in [6.45, 7) is -1.47. The fourth-order valence-electron chi connectivity index (χ4n) is 4.73. The maximum Gasteiger partial charge on any atom is 0.573 e. The summed E-state index contributed by atoms with van der Waals surface area (Å²) < 4.78 is 117. The molecule has 0 radical (unpaired) electrons. The van der Waals surface area contributed by atoms with Crippen molar-refractivity contribution in [1.82, 2.24) is 15.6 Å². The number of anilines is 2. The van der Waals surface area contributed by atoms with Crippen molar-refractivity contribution in [2.75, 3.05) is 36.9 Å². The molecule has 2 aromatic carbocycles. The summed E-state index contributed by atoms with van der Waals surface area (Å²) >= 11 is 0. The smallest absolute Gasteiger partial charge is 0.448 e. The van der Waals surface area contributed by atoms with Gasteiger partial charge in [0.1, 0.15) is 36.6 Å². The van der Waals surface area contributed by atoms with Gasteiger partial charge in [0.25, 0.3) is 0 Å². The van der Waals surface area contributed by atoms with E-state index in [1.54, 1.807) is 5.32 Å². The van der Waals surface area contributed by atoms with E-state index in [9.17, 15) is 40.3 Å². The maximum absolute atomic E-state index is 15.1. The number of carbonyl (C=O) groups is 2. The molecule has 1 aliphatic rings. The highest BCUT2D eigenvalue weighted by Gasteiger charge is 2.31. The minimum Gasteiger partial charge on any atom is -0.448 e. The number of amides is 2. The van der Waals surface area contributed by atoms with Crippen LogP contribution in [-0.4, -0.2) is 74.0 Å². The van der Waals surface area contributed by atoms with Gasteiger partial charge in [-0.2, -0.15) is 13.2 Å². The van der Waals surface area contributed by atoms with Crippen LogP contribution >= 0.6 is 0 Å². The Balaban J connectivity index is 1.39. The number of alkyl carbamates (subject to hydrolysis) is 1. The zero-order valence-corrected chi connectivity index (χ0v) is 25.5. The van der Waals surface area contributed by atoms with E-state index < -0.39 is 66.7 Å². The van der Waals surface area contributed by atoms with Crippen molar-refractivity contribution in [3.05, 3.63) is 83.7 Å². The van der Waals surface area contributed by atoms with Gasteiger partial charge in [0.05, 0.1) is 36.8 Å². The summed E-state index contributed by atoms with van der Waals surface area (Å²) in [7, 11) is 0. The first-order valence-corrected chi connectivity index (χ1v) is 14.8. The third kappa shape index (κ3) is 12.7. The first-order valence-electron chi connectivity index (χ1n) is 14.8. The van der Waals surface area contributed by atoms with Gasteiger partial charge in [-0.05, 0) is 54.8 Å². The predicted molar refractivity (Wildman–Crippen MR) is 159 cm³/mol. The molecule has 0 saturated carbocycles. The fourth-order valence-corrected chi connectivity index (χ4v) is 4.73. The van der Waals surface area contributed by atoms with Gasteiger partial charge in [-0.25, -0.2) is 13.6 Å².